The van der Waals surface area contributed by atoms with Gasteiger partial charge >= 0.3 is 5.69 Å². The molecule has 1 heterocycles. The van der Waals surface area contributed by atoms with Crippen LogP contribution in [0.3, 0.4) is 0 Å². The van der Waals surface area contributed by atoms with Crippen LogP contribution in [0, 0.1) is 0 Å². The summed E-state index contributed by atoms with van der Waals surface area (Å²) in [5.41, 5.74) is 5.36. The zero-order valence-corrected chi connectivity index (χ0v) is 10.9. The van der Waals surface area contributed by atoms with E-state index in [-0.39, 0.29) is 17.2 Å². The van der Waals surface area contributed by atoms with E-state index in [1.54, 1.807) is 6.08 Å². The van der Waals surface area contributed by atoms with E-state index >= 15 is 0 Å². The highest BCUT2D eigenvalue weighted by Crippen LogP contribution is 2.11. The third kappa shape index (κ3) is 2.64. The molecule has 0 aliphatic carbocycles. The maximum Gasteiger partial charge on any atom is 0.332 e. The fraction of sp³-hybridized carbons (Fsp3) is 0.500. The monoisotopic (exact) mass is 252 g/mol. The molecule has 0 aliphatic heterocycles. The summed E-state index contributed by atoms with van der Waals surface area (Å²) in [6, 6.07) is 0. The minimum atomic E-state index is -0.410. The summed E-state index contributed by atoms with van der Waals surface area (Å²) in [4.78, 5) is 23.9. The smallest absolute Gasteiger partial charge is 0.332 e. The normalized spacial score (nSPS) is 10.3. The number of aromatic nitrogens is 2. The molecule has 0 unspecified atom stereocenters. The molecule has 1 aromatic heterocycles. The van der Waals surface area contributed by atoms with Gasteiger partial charge in [-0.05, 0) is 6.42 Å². The van der Waals surface area contributed by atoms with Crippen LogP contribution in [0.2, 0.25) is 0 Å². The Balaban J connectivity index is 3.34. The lowest BCUT2D eigenvalue weighted by Crippen LogP contribution is -2.40. The van der Waals surface area contributed by atoms with Gasteiger partial charge in [-0.3, -0.25) is 13.9 Å². The van der Waals surface area contributed by atoms with Gasteiger partial charge in [-0.2, -0.15) is 0 Å². The predicted molar refractivity (Wildman–Crippen MR) is 74.0 cm³/mol. The second kappa shape index (κ2) is 6.09. The Hall–Kier alpha value is -1.98. The van der Waals surface area contributed by atoms with Gasteiger partial charge in [-0.1, -0.05) is 19.4 Å². The number of rotatable bonds is 6. The fourth-order valence-electron chi connectivity index (χ4n) is 1.66. The summed E-state index contributed by atoms with van der Waals surface area (Å²) in [6.45, 7) is 6.53. The minimum Gasteiger partial charge on any atom is -0.383 e. The van der Waals surface area contributed by atoms with Crippen LogP contribution in [0.5, 0.6) is 0 Å². The molecular formula is C12H20N4O2. The summed E-state index contributed by atoms with van der Waals surface area (Å²) in [7, 11) is 1.45. The molecule has 1 aromatic rings. The molecule has 3 N–H and O–H groups in total. The van der Waals surface area contributed by atoms with Gasteiger partial charge in [0.05, 0.1) is 0 Å². The minimum absolute atomic E-state index is 0.193. The first-order valence-electron chi connectivity index (χ1n) is 5.98. The van der Waals surface area contributed by atoms with Crippen molar-refractivity contribution in [3.05, 3.63) is 33.5 Å². The van der Waals surface area contributed by atoms with Crippen molar-refractivity contribution in [1.29, 1.82) is 0 Å². The van der Waals surface area contributed by atoms with Gasteiger partial charge in [-0.25, -0.2) is 4.79 Å². The first-order valence-corrected chi connectivity index (χ1v) is 5.98. The zero-order valence-electron chi connectivity index (χ0n) is 10.9. The lowest BCUT2D eigenvalue weighted by molar-refractivity contribution is 0.575. The summed E-state index contributed by atoms with van der Waals surface area (Å²) in [5.74, 6) is 0.193. The van der Waals surface area contributed by atoms with E-state index < -0.39 is 5.56 Å². The molecule has 18 heavy (non-hydrogen) atoms. The molecule has 0 aliphatic rings. The number of hydrogen-bond acceptors (Lipinski definition) is 4. The number of nitrogens with one attached hydrogen (secondary N) is 1. The van der Waals surface area contributed by atoms with Crippen molar-refractivity contribution >= 4 is 11.5 Å². The lowest BCUT2D eigenvalue weighted by atomic mass is 10.3. The van der Waals surface area contributed by atoms with Gasteiger partial charge in [-0.15, -0.1) is 6.58 Å². The highest BCUT2D eigenvalue weighted by molar-refractivity contribution is 5.60. The van der Waals surface area contributed by atoms with Crippen molar-refractivity contribution in [1.82, 2.24) is 9.13 Å². The largest absolute Gasteiger partial charge is 0.383 e. The van der Waals surface area contributed by atoms with Crippen molar-refractivity contribution < 1.29 is 0 Å². The van der Waals surface area contributed by atoms with Crippen molar-refractivity contribution in [3.63, 3.8) is 0 Å². The molecule has 0 atom stereocenters. The average Bonchev–Trinajstić information content (AvgIpc) is 2.36. The van der Waals surface area contributed by atoms with Gasteiger partial charge in [0.2, 0.25) is 0 Å². The van der Waals surface area contributed by atoms with Gasteiger partial charge < -0.3 is 11.1 Å². The third-order valence-corrected chi connectivity index (χ3v) is 2.74. The summed E-state index contributed by atoms with van der Waals surface area (Å²) < 4.78 is 2.49. The van der Waals surface area contributed by atoms with Crippen LogP contribution in [-0.2, 0) is 13.6 Å². The molecule has 0 radical (unpaired) electrons. The lowest BCUT2D eigenvalue weighted by Gasteiger charge is -2.15. The Morgan fingerprint density at radius 3 is 2.67 bits per heavy atom. The molecule has 1 rings (SSSR count). The van der Waals surface area contributed by atoms with Crippen LogP contribution < -0.4 is 22.3 Å². The molecular weight excluding hydrogens is 232 g/mol. The molecule has 0 amide bonds. The number of anilines is 2. The van der Waals surface area contributed by atoms with Crippen molar-refractivity contribution in [3.8, 4) is 0 Å². The van der Waals surface area contributed by atoms with Crippen molar-refractivity contribution in [2.45, 2.75) is 26.3 Å². The van der Waals surface area contributed by atoms with Gasteiger partial charge in [0, 0.05) is 20.1 Å². The van der Waals surface area contributed by atoms with Crippen LogP contribution in [0.4, 0.5) is 11.5 Å². The van der Waals surface area contributed by atoms with Gasteiger partial charge in [0.15, 0.2) is 0 Å². The van der Waals surface area contributed by atoms with Crippen LogP contribution in [0.15, 0.2) is 22.2 Å². The Morgan fingerprint density at radius 2 is 2.11 bits per heavy atom. The second-order valence-corrected chi connectivity index (χ2v) is 4.08. The van der Waals surface area contributed by atoms with E-state index in [9.17, 15) is 9.59 Å². The Labute approximate surface area is 106 Å². The third-order valence-electron chi connectivity index (χ3n) is 2.74. The molecule has 0 fully saturated rings. The summed E-state index contributed by atoms with van der Waals surface area (Å²) >= 11 is 0. The summed E-state index contributed by atoms with van der Waals surface area (Å²) in [5, 5.41) is 2.88. The number of nitrogen functional groups attached to an aromatic ring is 1. The van der Waals surface area contributed by atoms with Gasteiger partial charge in [0.25, 0.3) is 5.56 Å². The number of hydrogen-bond donors (Lipinski definition) is 2. The maximum absolute atomic E-state index is 11.9. The first kappa shape index (κ1) is 14.1. The van der Waals surface area contributed by atoms with Crippen LogP contribution in [0.1, 0.15) is 19.8 Å². The summed E-state index contributed by atoms with van der Waals surface area (Å²) in [6.07, 6.45) is 3.41. The predicted octanol–water partition coefficient (Wildman–Crippen LogP) is 0.527. The van der Waals surface area contributed by atoms with Crippen LogP contribution in [-0.4, -0.2) is 15.7 Å². The van der Waals surface area contributed by atoms with E-state index in [0.717, 1.165) is 17.4 Å². The highest BCUT2D eigenvalue weighted by atomic mass is 16.2. The van der Waals surface area contributed by atoms with Crippen molar-refractivity contribution in [2.75, 3.05) is 17.6 Å². The van der Waals surface area contributed by atoms with E-state index in [2.05, 4.69) is 11.9 Å². The van der Waals surface area contributed by atoms with Gasteiger partial charge in [0.1, 0.15) is 11.5 Å². The van der Waals surface area contributed by atoms with E-state index in [4.69, 9.17) is 5.73 Å². The number of nitrogens with zero attached hydrogens (tertiary/aromatic N) is 2. The molecule has 0 spiro atoms. The van der Waals surface area contributed by atoms with E-state index in [1.807, 2.05) is 6.92 Å². The van der Waals surface area contributed by atoms with Crippen LogP contribution >= 0.6 is 0 Å². The molecule has 0 bridgehead atoms. The SMILES string of the molecule is C=CCNc1c(N)n(CCCC)c(=O)n(C)c1=O. The molecule has 100 valence electrons. The molecule has 0 saturated heterocycles. The number of unbranched alkanes of at least 4 members (excludes halogenated alkanes) is 1. The van der Waals surface area contributed by atoms with E-state index in [1.165, 1.54) is 11.6 Å². The quantitative estimate of drug-likeness (QED) is 0.723. The van der Waals surface area contributed by atoms with E-state index in [0.29, 0.717) is 13.1 Å². The molecule has 6 nitrogen and oxygen atoms in total. The Bertz CT molecular complexity index is 542. The maximum atomic E-state index is 11.9. The van der Waals surface area contributed by atoms with Crippen LogP contribution in [0.25, 0.3) is 0 Å². The topological polar surface area (TPSA) is 82.0 Å². The molecule has 6 heteroatoms. The Morgan fingerprint density at radius 1 is 1.44 bits per heavy atom. The standard InChI is InChI=1S/C12H20N4O2/c1-4-6-8-16-10(13)9(14-7-5-2)11(17)15(3)12(16)18/h5,14H,2,4,6-8,13H2,1,3H3. The Kier molecular flexibility index (Phi) is 4.76. The first-order chi connectivity index (χ1) is 8.54. The fourth-order valence-corrected chi connectivity index (χ4v) is 1.66. The zero-order chi connectivity index (χ0) is 13.7. The van der Waals surface area contributed by atoms with Crippen molar-refractivity contribution in [2.24, 2.45) is 7.05 Å². The molecule has 0 aromatic carbocycles. The highest BCUT2D eigenvalue weighted by Gasteiger charge is 2.13. The average molecular weight is 252 g/mol. The number of nitrogens with two attached hydrogens (primary N) is 1. The molecule has 0 saturated carbocycles. The second-order valence-electron chi connectivity index (χ2n) is 4.08.